The molecular formula is C22H27ClN6O6S. The second kappa shape index (κ2) is 10.9. The summed E-state index contributed by atoms with van der Waals surface area (Å²) in [5.74, 6) is 1.47. The molecule has 14 heteroatoms. The lowest BCUT2D eigenvalue weighted by molar-refractivity contribution is 0.0950. The average molecular weight is 539 g/mol. The van der Waals surface area contributed by atoms with E-state index >= 15 is 0 Å². The van der Waals surface area contributed by atoms with Gasteiger partial charge in [0.05, 0.1) is 25.8 Å². The Morgan fingerprint density at radius 3 is 2.36 bits per heavy atom. The van der Waals surface area contributed by atoms with Crippen molar-refractivity contribution in [3.63, 3.8) is 0 Å². The highest BCUT2D eigenvalue weighted by Crippen LogP contribution is 2.38. The molecule has 1 aliphatic rings. The molecule has 3 atom stereocenters. The Bertz CT molecular complexity index is 1270. The van der Waals surface area contributed by atoms with Crippen LogP contribution in [0.4, 0.5) is 5.95 Å². The van der Waals surface area contributed by atoms with Crippen LogP contribution in [0.2, 0.25) is 5.02 Å². The van der Waals surface area contributed by atoms with Gasteiger partial charge in [-0.3, -0.25) is 9.29 Å². The van der Waals surface area contributed by atoms with Gasteiger partial charge in [-0.1, -0.05) is 17.7 Å². The first-order valence-corrected chi connectivity index (χ1v) is 13.0. The maximum absolute atomic E-state index is 13.5. The molecule has 1 aliphatic heterocycles. The van der Waals surface area contributed by atoms with Crippen molar-refractivity contribution in [1.29, 1.82) is 0 Å². The summed E-state index contributed by atoms with van der Waals surface area (Å²) in [5, 5.41) is 7.74. The van der Waals surface area contributed by atoms with Crippen LogP contribution in [0.1, 0.15) is 37.0 Å². The van der Waals surface area contributed by atoms with E-state index in [1.54, 1.807) is 22.8 Å². The van der Waals surface area contributed by atoms with E-state index in [1.165, 1.54) is 40.6 Å². The lowest BCUT2D eigenvalue weighted by Gasteiger charge is -2.23. The highest BCUT2D eigenvalue weighted by molar-refractivity contribution is 7.93. The Morgan fingerprint density at radius 2 is 1.81 bits per heavy atom. The molecule has 1 fully saturated rings. The zero-order chi connectivity index (χ0) is 25.9. The molecule has 3 aromatic rings. The summed E-state index contributed by atoms with van der Waals surface area (Å²) in [6, 6.07) is 5.25. The topological polar surface area (TPSA) is 140 Å². The molecule has 0 spiro atoms. The van der Waals surface area contributed by atoms with Gasteiger partial charge in [-0.15, -0.1) is 10.2 Å². The number of aromatic nitrogens is 5. The first-order valence-electron chi connectivity index (χ1n) is 11.1. The standard InChI is InChI=1S/C22H27ClN6O6S/c1-13(19(34-4)20-24-10-15(23)11-25-20)36(30,31)28-22-27-26-21(14-8-9-35-12-14)29(22)18-16(32-2)6-5-7-17(18)33-3/h5-7,10-11,13-14,19H,8-9,12H2,1-4H3,(H,27,28)/t13-,14+,19-/m0/s1. The molecule has 12 nitrogen and oxygen atoms in total. The Morgan fingerprint density at radius 1 is 1.14 bits per heavy atom. The predicted molar refractivity (Wildman–Crippen MR) is 131 cm³/mol. The monoisotopic (exact) mass is 538 g/mol. The van der Waals surface area contributed by atoms with E-state index in [0.717, 1.165) is 0 Å². The first-order chi connectivity index (χ1) is 17.3. The van der Waals surface area contributed by atoms with Crippen LogP contribution >= 0.6 is 11.6 Å². The number of ether oxygens (including phenoxy) is 4. The molecule has 3 heterocycles. The molecule has 4 rings (SSSR count). The first kappa shape index (κ1) is 26.1. The third-order valence-electron chi connectivity index (χ3n) is 5.91. The van der Waals surface area contributed by atoms with Crippen molar-refractivity contribution >= 4 is 27.6 Å². The van der Waals surface area contributed by atoms with Gasteiger partial charge in [0.25, 0.3) is 0 Å². The highest BCUT2D eigenvalue weighted by atomic mass is 35.5. The fourth-order valence-electron chi connectivity index (χ4n) is 4.00. The molecule has 36 heavy (non-hydrogen) atoms. The van der Waals surface area contributed by atoms with Crippen molar-refractivity contribution in [2.45, 2.75) is 30.6 Å². The second-order valence-corrected chi connectivity index (χ2v) is 10.5. The molecule has 0 amide bonds. The van der Waals surface area contributed by atoms with E-state index in [-0.39, 0.29) is 17.7 Å². The summed E-state index contributed by atoms with van der Waals surface area (Å²) in [6.45, 7) is 2.48. The maximum atomic E-state index is 13.5. The lowest BCUT2D eigenvalue weighted by atomic mass is 10.1. The largest absolute Gasteiger partial charge is 0.494 e. The van der Waals surface area contributed by atoms with E-state index in [2.05, 4.69) is 24.9 Å². The Labute approximate surface area is 214 Å². The number of benzene rings is 1. The van der Waals surface area contributed by atoms with Crippen molar-refractivity contribution in [3.05, 3.63) is 47.3 Å². The zero-order valence-electron chi connectivity index (χ0n) is 20.2. The Balaban J connectivity index is 1.77. The van der Waals surface area contributed by atoms with E-state index in [9.17, 15) is 8.42 Å². The summed E-state index contributed by atoms with van der Waals surface area (Å²) < 4.78 is 53.4. The average Bonchev–Trinajstić information content (AvgIpc) is 3.54. The van der Waals surface area contributed by atoms with Crippen molar-refractivity contribution < 1.29 is 27.4 Å². The summed E-state index contributed by atoms with van der Waals surface area (Å²) in [5.41, 5.74) is 0.462. The number of halogens is 1. The predicted octanol–water partition coefficient (Wildman–Crippen LogP) is 2.75. The van der Waals surface area contributed by atoms with Gasteiger partial charge < -0.3 is 18.9 Å². The number of para-hydroxylation sites is 1. The van der Waals surface area contributed by atoms with Crippen LogP contribution in [0.15, 0.2) is 30.6 Å². The van der Waals surface area contributed by atoms with Crippen LogP contribution < -0.4 is 14.2 Å². The van der Waals surface area contributed by atoms with Gasteiger partial charge in [0.2, 0.25) is 16.0 Å². The summed E-state index contributed by atoms with van der Waals surface area (Å²) >= 11 is 5.87. The summed E-state index contributed by atoms with van der Waals surface area (Å²) in [6.07, 6.45) is 2.49. The molecule has 194 valence electrons. The minimum absolute atomic E-state index is 0.0292. The quantitative estimate of drug-likeness (QED) is 0.409. The number of sulfonamides is 1. The summed E-state index contributed by atoms with van der Waals surface area (Å²) in [4.78, 5) is 8.24. The van der Waals surface area contributed by atoms with E-state index < -0.39 is 21.4 Å². The number of methoxy groups -OCH3 is 3. The van der Waals surface area contributed by atoms with Gasteiger partial charge in [0.15, 0.2) is 5.82 Å². The number of hydrogen-bond acceptors (Lipinski definition) is 10. The molecule has 1 aromatic carbocycles. The highest BCUT2D eigenvalue weighted by Gasteiger charge is 2.36. The van der Waals surface area contributed by atoms with Crippen molar-refractivity contribution in [2.24, 2.45) is 0 Å². The van der Waals surface area contributed by atoms with Crippen LogP contribution in [0, 0.1) is 0 Å². The zero-order valence-corrected chi connectivity index (χ0v) is 21.8. The number of nitrogens with zero attached hydrogens (tertiary/aromatic N) is 5. The number of rotatable bonds is 10. The van der Waals surface area contributed by atoms with Gasteiger partial charge in [0, 0.05) is 32.0 Å². The second-order valence-electron chi connectivity index (χ2n) is 8.06. The number of hydrogen-bond donors (Lipinski definition) is 1. The van der Waals surface area contributed by atoms with E-state index in [1.807, 2.05) is 0 Å². The van der Waals surface area contributed by atoms with Crippen LogP contribution in [0.3, 0.4) is 0 Å². The van der Waals surface area contributed by atoms with Crippen LogP contribution in [0.5, 0.6) is 11.5 Å². The van der Waals surface area contributed by atoms with Crippen LogP contribution in [-0.2, 0) is 19.5 Å². The summed E-state index contributed by atoms with van der Waals surface area (Å²) in [7, 11) is 0.329. The molecular weight excluding hydrogens is 512 g/mol. The van der Waals surface area contributed by atoms with Crippen molar-refractivity contribution in [2.75, 3.05) is 39.3 Å². The molecule has 0 aliphatic carbocycles. The molecule has 1 saturated heterocycles. The Hall–Kier alpha value is -3.00. The van der Waals surface area contributed by atoms with Crippen molar-refractivity contribution in [3.8, 4) is 17.2 Å². The molecule has 2 aromatic heterocycles. The van der Waals surface area contributed by atoms with Gasteiger partial charge in [0.1, 0.15) is 34.4 Å². The SMILES string of the molecule is COc1cccc(OC)c1-n1c(NS(=O)(=O)[C@@H](C)[C@H](OC)c2ncc(Cl)cn2)nnc1[C@@H]1CCOC1. The molecule has 0 radical (unpaired) electrons. The van der Waals surface area contributed by atoms with Crippen LogP contribution in [-0.4, -0.2) is 72.9 Å². The minimum Gasteiger partial charge on any atom is -0.494 e. The van der Waals surface area contributed by atoms with Gasteiger partial charge >= 0.3 is 0 Å². The van der Waals surface area contributed by atoms with Gasteiger partial charge in [-0.05, 0) is 25.5 Å². The van der Waals surface area contributed by atoms with Gasteiger partial charge in [-0.2, -0.15) is 0 Å². The molecule has 0 unspecified atom stereocenters. The minimum atomic E-state index is -4.09. The number of anilines is 1. The molecule has 1 N–H and O–H groups in total. The van der Waals surface area contributed by atoms with E-state index in [0.29, 0.717) is 47.7 Å². The van der Waals surface area contributed by atoms with E-state index in [4.69, 9.17) is 30.5 Å². The van der Waals surface area contributed by atoms with Crippen LogP contribution in [0.25, 0.3) is 5.69 Å². The maximum Gasteiger partial charge on any atom is 0.243 e. The smallest absolute Gasteiger partial charge is 0.243 e. The van der Waals surface area contributed by atoms with Crippen molar-refractivity contribution in [1.82, 2.24) is 24.7 Å². The fourth-order valence-corrected chi connectivity index (χ4v) is 5.22. The molecule has 0 saturated carbocycles. The number of nitrogens with one attached hydrogen (secondary N) is 1. The third-order valence-corrected chi connectivity index (χ3v) is 7.79. The third kappa shape index (κ3) is 5.09. The Kier molecular flexibility index (Phi) is 7.93. The fraction of sp³-hybridized carbons (Fsp3) is 0.455. The lowest BCUT2D eigenvalue weighted by Crippen LogP contribution is -2.33. The van der Waals surface area contributed by atoms with Gasteiger partial charge in [-0.25, -0.2) is 18.4 Å². The molecule has 0 bridgehead atoms. The normalized spacial score (nSPS) is 17.5.